The fraction of sp³-hybridized carbons (Fsp3) is 0.821. The van der Waals surface area contributed by atoms with E-state index in [-0.39, 0.29) is 18.3 Å². The van der Waals surface area contributed by atoms with Crippen LogP contribution in [0.25, 0.3) is 0 Å². The third-order valence-corrected chi connectivity index (χ3v) is 6.83. The normalized spacial score (nSPS) is 20.3. The van der Waals surface area contributed by atoms with Crippen LogP contribution in [-0.4, -0.2) is 76.8 Å². The lowest BCUT2D eigenvalue weighted by molar-refractivity contribution is -0.151. The summed E-state index contributed by atoms with van der Waals surface area (Å²) < 4.78 is 11.0. The van der Waals surface area contributed by atoms with Crippen molar-refractivity contribution in [1.29, 1.82) is 0 Å². The number of unbranched alkanes of at least 4 members (excludes halogenated alkanes) is 13. The van der Waals surface area contributed by atoms with E-state index in [9.17, 15) is 24.9 Å². The van der Waals surface area contributed by atoms with E-state index in [4.69, 9.17) is 20.9 Å². The zero-order valence-corrected chi connectivity index (χ0v) is 23.9. The molecule has 0 fully saturated rings. The first-order valence-corrected chi connectivity index (χ1v) is 14.6. The van der Waals surface area contributed by atoms with Gasteiger partial charge in [0.05, 0.1) is 25.3 Å². The molecule has 1 heterocycles. The van der Waals surface area contributed by atoms with E-state index >= 15 is 0 Å². The third-order valence-electron chi connectivity index (χ3n) is 6.83. The van der Waals surface area contributed by atoms with Gasteiger partial charge in [0.25, 0.3) is 0 Å². The minimum absolute atomic E-state index is 0.201. The SMILES string of the molecule is CCCCCCCCCCCCCCCCOC(=O)C1=CC(N=C(N)N)C(NC(C)=O)C(C(O)C(O)CO)O1. The number of rotatable bonds is 21. The van der Waals surface area contributed by atoms with Crippen molar-refractivity contribution in [3.63, 3.8) is 0 Å². The molecule has 39 heavy (non-hydrogen) atoms. The lowest BCUT2D eigenvalue weighted by atomic mass is 9.92. The molecule has 0 saturated heterocycles. The first-order chi connectivity index (χ1) is 18.7. The highest BCUT2D eigenvalue weighted by molar-refractivity contribution is 5.87. The quantitative estimate of drug-likeness (QED) is 0.0532. The summed E-state index contributed by atoms with van der Waals surface area (Å²) in [5.74, 6) is -1.78. The van der Waals surface area contributed by atoms with Crippen LogP contribution in [0.3, 0.4) is 0 Å². The minimum atomic E-state index is -1.65. The number of amides is 1. The number of aliphatic hydroxyl groups is 3. The van der Waals surface area contributed by atoms with Gasteiger partial charge in [-0.15, -0.1) is 0 Å². The lowest BCUT2D eigenvalue weighted by Gasteiger charge is -2.38. The van der Waals surface area contributed by atoms with Crippen molar-refractivity contribution in [3.05, 3.63) is 11.8 Å². The number of hydrogen-bond donors (Lipinski definition) is 6. The van der Waals surface area contributed by atoms with Gasteiger partial charge < -0.3 is 41.6 Å². The van der Waals surface area contributed by atoms with Gasteiger partial charge >= 0.3 is 5.97 Å². The molecule has 0 aromatic heterocycles. The van der Waals surface area contributed by atoms with Crippen molar-refractivity contribution in [3.8, 4) is 0 Å². The van der Waals surface area contributed by atoms with E-state index in [2.05, 4.69) is 17.2 Å². The second-order valence-electron chi connectivity index (χ2n) is 10.4. The number of guanidine groups is 1. The summed E-state index contributed by atoms with van der Waals surface area (Å²) in [6, 6.07) is -1.98. The number of esters is 1. The highest BCUT2D eigenvalue weighted by Crippen LogP contribution is 2.25. The second kappa shape index (κ2) is 20.5. The first-order valence-electron chi connectivity index (χ1n) is 14.6. The van der Waals surface area contributed by atoms with E-state index in [1.807, 2.05) is 0 Å². The Morgan fingerprint density at radius 3 is 1.95 bits per heavy atom. The van der Waals surface area contributed by atoms with Gasteiger partial charge in [-0.25, -0.2) is 9.79 Å². The Morgan fingerprint density at radius 1 is 0.974 bits per heavy atom. The molecule has 226 valence electrons. The molecule has 8 N–H and O–H groups in total. The fourth-order valence-corrected chi connectivity index (χ4v) is 4.66. The largest absolute Gasteiger partial charge is 0.478 e. The summed E-state index contributed by atoms with van der Waals surface area (Å²) in [7, 11) is 0. The van der Waals surface area contributed by atoms with Crippen LogP contribution >= 0.6 is 0 Å². The number of ether oxygens (including phenoxy) is 2. The molecule has 0 aromatic rings. The molecule has 0 saturated carbocycles. The molecule has 1 aliphatic heterocycles. The van der Waals surface area contributed by atoms with E-state index in [1.165, 1.54) is 77.2 Å². The van der Waals surface area contributed by atoms with Crippen LogP contribution in [0.5, 0.6) is 0 Å². The number of nitrogens with zero attached hydrogens (tertiary/aromatic N) is 1. The van der Waals surface area contributed by atoms with Crippen molar-refractivity contribution in [2.24, 2.45) is 16.5 Å². The molecule has 0 radical (unpaired) electrons. The molecule has 0 spiro atoms. The Hall–Kier alpha value is -2.37. The Bertz CT molecular complexity index is 758. The van der Waals surface area contributed by atoms with E-state index in [0.717, 1.165) is 19.3 Å². The number of carbonyl (C=O) groups excluding carboxylic acids is 2. The Labute approximate surface area is 233 Å². The number of nitrogens with one attached hydrogen (secondary N) is 1. The Kier molecular flexibility index (Phi) is 18.2. The standard InChI is InChI=1S/C28H52N4O7/c1-3-4-5-6-7-8-9-10-11-12-13-14-15-16-17-38-27(37)23-18-21(32-28(29)30)24(31-20(2)34)26(39-23)25(36)22(35)19-33/h18,21-22,24-26,33,35-36H,3-17,19H2,1-2H3,(H,31,34)(H4,29,30,32). The minimum Gasteiger partial charge on any atom is -0.478 e. The van der Waals surface area contributed by atoms with Gasteiger partial charge in [-0.05, 0) is 12.5 Å². The summed E-state index contributed by atoms with van der Waals surface area (Å²) in [6.07, 6.45) is 13.8. The molecule has 5 atom stereocenters. The molecule has 0 aliphatic carbocycles. The topological polar surface area (TPSA) is 190 Å². The Morgan fingerprint density at radius 2 is 1.49 bits per heavy atom. The van der Waals surface area contributed by atoms with Gasteiger partial charge in [0.15, 0.2) is 5.96 Å². The summed E-state index contributed by atoms with van der Waals surface area (Å²) in [6.45, 7) is 2.93. The summed E-state index contributed by atoms with van der Waals surface area (Å²) in [5.41, 5.74) is 11.0. The van der Waals surface area contributed by atoms with Gasteiger partial charge in [0.1, 0.15) is 18.3 Å². The highest BCUT2D eigenvalue weighted by Gasteiger charge is 2.44. The summed E-state index contributed by atoms with van der Waals surface area (Å²) in [4.78, 5) is 28.5. The van der Waals surface area contributed by atoms with Gasteiger partial charge in [-0.1, -0.05) is 90.4 Å². The molecule has 0 aromatic carbocycles. The predicted molar refractivity (Wildman–Crippen MR) is 151 cm³/mol. The van der Waals surface area contributed by atoms with Gasteiger partial charge in [0.2, 0.25) is 11.7 Å². The lowest BCUT2D eigenvalue weighted by Crippen LogP contribution is -2.59. The third kappa shape index (κ3) is 14.5. The van der Waals surface area contributed by atoms with Crippen LogP contribution in [-0.2, 0) is 19.1 Å². The van der Waals surface area contributed by atoms with Crippen LogP contribution in [0.4, 0.5) is 0 Å². The molecule has 0 bridgehead atoms. The first kappa shape index (κ1) is 34.7. The van der Waals surface area contributed by atoms with Gasteiger partial charge in [0, 0.05) is 6.92 Å². The van der Waals surface area contributed by atoms with Crippen molar-refractivity contribution in [1.82, 2.24) is 5.32 Å². The predicted octanol–water partition coefficient (Wildman–Crippen LogP) is 2.15. The van der Waals surface area contributed by atoms with E-state index in [1.54, 1.807) is 0 Å². The smallest absolute Gasteiger partial charge is 0.373 e. The monoisotopic (exact) mass is 556 g/mol. The number of carbonyl (C=O) groups is 2. The molecule has 1 rings (SSSR count). The van der Waals surface area contributed by atoms with E-state index in [0.29, 0.717) is 6.42 Å². The molecule has 1 amide bonds. The Balaban J connectivity index is 2.45. The van der Waals surface area contributed by atoms with Crippen molar-refractivity contribution in [2.45, 2.75) is 134 Å². The summed E-state index contributed by atoms with van der Waals surface area (Å²) in [5, 5.41) is 32.3. The van der Waals surface area contributed by atoms with Crippen LogP contribution in [0.1, 0.15) is 104 Å². The molecular weight excluding hydrogens is 504 g/mol. The van der Waals surface area contributed by atoms with Crippen LogP contribution in [0.2, 0.25) is 0 Å². The number of nitrogens with two attached hydrogens (primary N) is 2. The molecule has 11 nitrogen and oxygen atoms in total. The van der Waals surface area contributed by atoms with Crippen molar-refractivity contribution < 1.29 is 34.4 Å². The van der Waals surface area contributed by atoms with Gasteiger partial charge in [-0.3, -0.25) is 4.79 Å². The van der Waals surface area contributed by atoms with E-state index < -0.39 is 48.9 Å². The average Bonchev–Trinajstić information content (AvgIpc) is 2.90. The maximum atomic E-state index is 12.7. The molecule has 11 heteroatoms. The second-order valence-corrected chi connectivity index (χ2v) is 10.4. The maximum absolute atomic E-state index is 12.7. The fourth-order valence-electron chi connectivity index (χ4n) is 4.66. The van der Waals surface area contributed by atoms with Crippen molar-refractivity contribution in [2.75, 3.05) is 13.2 Å². The maximum Gasteiger partial charge on any atom is 0.373 e. The number of aliphatic hydroxyl groups excluding tert-OH is 3. The molecule has 1 aliphatic rings. The summed E-state index contributed by atoms with van der Waals surface area (Å²) >= 11 is 0. The number of aliphatic imine (C=N–C) groups is 1. The molecule has 5 unspecified atom stereocenters. The zero-order chi connectivity index (χ0) is 29.0. The average molecular weight is 557 g/mol. The zero-order valence-electron chi connectivity index (χ0n) is 23.9. The molecular formula is C28H52N4O7. The van der Waals surface area contributed by atoms with Gasteiger partial charge in [-0.2, -0.15) is 0 Å². The number of hydrogen-bond acceptors (Lipinski definition) is 8. The van der Waals surface area contributed by atoms with Crippen LogP contribution < -0.4 is 16.8 Å². The van der Waals surface area contributed by atoms with Crippen molar-refractivity contribution >= 4 is 17.8 Å². The van der Waals surface area contributed by atoms with Crippen LogP contribution in [0.15, 0.2) is 16.8 Å². The highest BCUT2D eigenvalue weighted by atomic mass is 16.6. The van der Waals surface area contributed by atoms with Crippen LogP contribution in [0, 0.1) is 0 Å².